The van der Waals surface area contributed by atoms with Crippen molar-refractivity contribution in [2.24, 2.45) is 21.1 Å². The average molecular weight is 782 g/mol. The Morgan fingerprint density at radius 2 is 1.80 bits per heavy atom. The van der Waals surface area contributed by atoms with Crippen LogP contribution in [0.25, 0.3) is 0 Å². The molecule has 2 aromatic carbocycles. The largest absolute Gasteiger partial charge is 0.497 e. The van der Waals surface area contributed by atoms with E-state index >= 15 is 4.39 Å². The second kappa shape index (κ2) is 21.3. The summed E-state index contributed by atoms with van der Waals surface area (Å²) in [6.45, 7) is 8.94. The van der Waals surface area contributed by atoms with Crippen LogP contribution in [0.15, 0.2) is 77.0 Å². The quantitative estimate of drug-likeness (QED) is 0.0272. The number of nitrogens with one attached hydrogen (secondary N) is 4. The minimum absolute atomic E-state index is 0.0125. The summed E-state index contributed by atoms with van der Waals surface area (Å²) >= 11 is 0. The van der Waals surface area contributed by atoms with Crippen LogP contribution in [0.2, 0.25) is 0 Å². The molecule has 19 heteroatoms. The first-order chi connectivity index (χ1) is 26.6. The zero-order valence-electron chi connectivity index (χ0n) is 31.9. The number of rotatable bonds is 18. The van der Waals surface area contributed by atoms with E-state index in [0.717, 1.165) is 0 Å². The molecule has 0 fully saturated rings. The van der Waals surface area contributed by atoms with Crippen LogP contribution in [0.5, 0.6) is 11.5 Å². The Labute approximate surface area is 322 Å². The van der Waals surface area contributed by atoms with Gasteiger partial charge in [0.2, 0.25) is 6.79 Å². The minimum Gasteiger partial charge on any atom is -0.497 e. The van der Waals surface area contributed by atoms with Crippen LogP contribution in [0, 0.1) is 16.6 Å². The number of carbonyl (C=O) groups excluding carboxylic acids is 3. The molecule has 0 saturated heterocycles. The standard InChI is InChI=1S/C37H45FN8O10/c1-22(2)19-54-36(49)45-31(39)24-9-11-25(12-10-24)43-30(27-17-26(51-7)18-28(29(27)38)53-16-15-52-23(3)47)32(40)44-35(46-34-41-13-8-14-42-34)56-21-55-33(48)37(4,5)20-50-6/h8-14,17-18,30,43H,1,15-16,19-21H2,2-7H3,(H2,39,45,49)(H2,40,41,42,44,46)/p+1/t30-/m1/s1. The summed E-state index contributed by atoms with van der Waals surface area (Å²) in [5.41, 5.74) is 6.80. The number of hydrogen-bond donors (Lipinski definition) is 4. The number of benzene rings is 2. The molecule has 0 spiro atoms. The van der Waals surface area contributed by atoms with Gasteiger partial charge in [0.15, 0.2) is 11.6 Å². The van der Waals surface area contributed by atoms with Crippen molar-refractivity contribution in [3.8, 4) is 11.5 Å². The molecule has 0 aliphatic heterocycles. The van der Waals surface area contributed by atoms with Gasteiger partial charge in [0.05, 0.1) is 25.3 Å². The number of hydrogen-bond acceptors (Lipinski definition) is 14. The van der Waals surface area contributed by atoms with Crippen LogP contribution in [-0.4, -0.2) is 88.1 Å². The van der Waals surface area contributed by atoms with Crippen molar-refractivity contribution in [1.82, 2.24) is 10.3 Å². The van der Waals surface area contributed by atoms with Gasteiger partial charge in [-0.1, -0.05) is 11.6 Å². The monoisotopic (exact) mass is 781 g/mol. The lowest BCUT2D eigenvalue weighted by atomic mass is 9.95. The average Bonchev–Trinajstić information content (AvgIpc) is 3.15. The maximum Gasteiger partial charge on any atom is 0.435 e. The summed E-state index contributed by atoms with van der Waals surface area (Å²) in [6, 6.07) is 8.71. The van der Waals surface area contributed by atoms with Gasteiger partial charge >= 0.3 is 30.0 Å². The van der Waals surface area contributed by atoms with Gasteiger partial charge in [-0.3, -0.25) is 20.3 Å². The number of methoxy groups -OCH3 is 2. The predicted molar refractivity (Wildman–Crippen MR) is 201 cm³/mol. The Bertz CT molecular complexity index is 1910. The molecule has 0 unspecified atom stereocenters. The maximum atomic E-state index is 16.4. The molecule has 6 N–H and O–H groups in total. The molecule has 1 heterocycles. The fourth-order valence-corrected chi connectivity index (χ4v) is 4.46. The van der Waals surface area contributed by atoms with Gasteiger partial charge in [0.1, 0.15) is 49.5 Å². The summed E-state index contributed by atoms with van der Waals surface area (Å²) in [6.07, 6.45) is 2.17. The number of aromatic amines is 1. The summed E-state index contributed by atoms with van der Waals surface area (Å²) < 4.78 is 53.3. The van der Waals surface area contributed by atoms with E-state index in [1.165, 1.54) is 51.6 Å². The van der Waals surface area contributed by atoms with Crippen molar-refractivity contribution in [1.29, 1.82) is 5.41 Å². The highest BCUT2D eigenvalue weighted by atomic mass is 19.1. The second-order valence-corrected chi connectivity index (χ2v) is 12.5. The lowest BCUT2D eigenvalue weighted by Crippen LogP contribution is -2.33. The third kappa shape index (κ3) is 14.0. The van der Waals surface area contributed by atoms with Gasteiger partial charge in [-0.05, 0) is 61.7 Å². The second-order valence-electron chi connectivity index (χ2n) is 12.5. The maximum absolute atomic E-state index is 16.4. The molecule has 0 aliphatic rings. The normalized spacial score (nSPS) is 12.1. The number of nitrogens with zero attached hydrogens (tertiary/aromatic N) is 3. The zero-order chi connectivity index (χ0) is 41.3. The molecule has 1 amide bonds. The molecule has 56 heavy (non-hydrogen) atoms. The van der Waals surface area contributed by atoms with E-state index in [2.05, 4.69) is 37.2 Å². The summed E-state index contributed by atoms with van der Waals surface area (Å²) in [7, 11) is 2.82. The van der Waals surface area contributed by atoms with Crippen molar-refractivity contribution < 1.29 is 56.9 Å². The predicted octanol–water partition coefficient (Wildman–Crippen LogP) is 4.00. The number of carbonyl (C=O) groups is 3. The van der Waals surface area contributed by atoms with Crippen LogP contribution < -0.4 is 30.8 Å². The Kier molecular flexibility index (Phi) is 16.7. The number of H-pyrrole nitrogens is 1. The lowest BCUT2D eigenvalue weighted by molar-refractivity contribution is -0.366. The van der Waals surface area contributed by atoms with Gasteiger partial charge in [0.25, 0.3) is 0 Å². The van der Waals surface area contributed by atoms with Crippen molar-refractivity contribution in [2.45, 2.75) is 33.7 Å². The molecule has 3 aromatic rings. The van der Waals surface area contributed by atoms with Crippen molar-refractivity contribution >= 4 is 47.4 Å². The number of alkyl carbamates (subject to hydrolysis) is 1. The highest BCUT2D eigenvalue weighted by molar-refractivity contribution is 6.04. The molecule has 1 atom stereocenters. The molecular formula is C37H46FN8O10+. The number of anilines is 1. The fraction of sp³-hybridized carbons (Fsp3) is 0.351. The number of amides is 1. The summed E-state index contributed by atoms with van der Waals surface area (Å²) in [5, 5.41) is 13.7. The first-order valence-corrected chi connectivity index (χ1v) is 16.8. The SMILES string of the molecule is C=C(C)COC(=O)NC(=N)c1ccc(N[C@@H](/C(N)=N/C(=N/c2nccc[nH+]2)OCOC(=O)C(C)(C)COC)c2cc(OC)cc(OCCOC(C)=O)c2F)cc1. The van der Waals surface area contributed by atoms with Crippen molar-refractivity contribution in [2.75, 3.05) is 52.8 Å². The van der Waals surface area contributed by atoms with E-state index < -0.39 is 48.1 Å². The molecule has 18 nitrogen and oxygen atoms in total. The molecule has 0 radical (unpaired) electrons. The third-order valence-corrected chi connectivity index (χ3v) is 7.14. The highest BCUT2D eigenvalue weighted by Crippen LogP contribution is 2.33. The smallest absolute Gasteiger partial charge is 0.435 e. The van der Waals surface area contributed by atoms with Gasteiger partial charge in [0, 0.05) is 43.0 Å². The molecule has 0 saturated carbocycles. The number of aromatic nitrogens is 2. The lowest BCUT2D eigenvalue weighted by Gasteiger charge is -2.23. The van der Waals surface area contributed by atoms with E-state index in [9.17, 15) is 14.4 Å². The third-order valence-electron chi connectivity index (χ3n) is 7.14. The number of halogens is 1. The Morgan fingerprint density at radius 3 is 2.43 bits per heavy atom. The number of ether oxygens (including phenoxy) is 7. The molecule has 300 valence electrons. The number of nitrogens with two attached hydrogens (primary N) is 1. The van der Waals surface area contributed by atoms with Crippen LogP contribution in [-0.2, 0) is 33.3 Å². The fourth-order valence-electron chi connectivity index (χ4n) is 4.46. The molecule has 1 aromatic heterocycles. The van der Waals surface area contributed by atoms with E-state index in [1.807, 2.05) is 0 Å². The van der Waals surface area contributed by atoms with E-state index in [1.54, 1.807) is 45.2 Å². The summed E-state index contributed by atoms with van der Waals surface area (Å²) in [4.78, 5) is 51.5. The van der Waals surface area contributed by atoms with Crippen LogP contribution in [0.1, 0.15) is 44.9 Å². The topological polar surface area (TPSA) is 241 Å². The highest BCUT2D eigenvalue weighted by Gasteiger charge is 2.30. The first-order valence-electron chi connectivity index (χ1n) is 16.8. The van der Waals surface area contributed by atoms with Gasteiger partial charge in [-0.2, -0.15) is 4.99 Å². The Balaban J connectivity index is 2.05. The van der Waals surface area contributed by atoms with E-state index in [-0.39, 0.29) is 61.1 Å². The number of amidine groups is 3. The number of aliphatic imine (C=N–C) groups is 2. The zero-order valence-corrected chi connectivity index (χ0v) is 31.9. The van der Waals surface area contributed by atoms with Crippen LogP contribution in [0.4, 0.5) is 20.8 Å². The Morgan fingerprint density at radius 1 is 1.07 bits per heavy atom. The summed E-state index contributed by atoms with van der Waals surface area (Å²) in [5.74, 6) is -2.62. The molecule has 3 rings (SSSR count). The van der Waals surface area contributed by atoms with Crippen molar-refractivity contribution in [3.63, 3.8) is 0 Å². The number of esters is 2. The van der Waals surface area contributed by atoms with Crippen LogP contribution in [0.3, 0.4) is 0 Å². The first kappa shape index (κ1) is 43.8. The Hall–Kier alpha value is -6.63. The molecule has 0 bridgehead atoms. The van der Waals surface area contributed by atoms with Crippen LogP contribution >= 0.6 is 0 Å². The molecule has 0 aliphatic carbocycles. The molecular weight excluding hydrogens is 735 g/mol. The van der Waals surface area contributed by atoms with Gasteiger partial charge in [-0.15, -0.1) is 0 Å². The van der Waals surface area contributed by atoms with Gasteiger partial charge in [-0.25, -0.2) is 14.2 Å². The van der Waals surface area contributed by atoms with E-state index in [4.69, 9.17) is 44.3 Å². The minimum atomic E-state index is -1.30. The van der Waals surface area contributed by atoms with Gasteiger partial charge < -0.3 is 44.2 Å². The van der Waals surface area contributed by atoms with E-state index in [0.29, 0.717) is 16.8 Å². The van der Waals surface area contributed by atoms with Crippen molar-refractivity contribution in [3.05, 3.63) is 84.0 Å².